The van der Waals surface area contributed by atoms with Gasteiger partial charge < -0.3 is 4.74 Å². The van der Waals surface area contributed by atoms with E-state index in [4.69, 9.17) is 10.6 Å². The van der Waals surface area contributed by atoms with Crippen LogP contribution >= 0.6 is 0 Å². The van der Waals surface area contributed by atoms with E-state index in [9.17, 15) is 4.39 Å². The van der Waals surface area contributed by atoms with Crippen molar-refractivity contribution in [2.75, 3.05) is 7.11 Å². The molecule has 1 fully saturated rings. The van der Waals surface area contributed by atoms with E-state index in [0.29, 0.717) is 5.92 Å². The summed E-state index contributed by atoms with van der Waals surface area (Å²) in [6, 6.07) is 5.34. The molecule has 1 unspecified atom stereocenters. The molecule has 4 heteroatoms. The van der Waals surface area contributed by atoms with E-state index in [2.05, 4.69) is 5.43 Å². The number of nitrogens with two attached hydrogens (primary N) is 1. The van der Waals surface area contributed by atoms with Gasteiger partial charge in [0.25, 0.3) is 0 Å². The molecular weight excluding hydrogens is 219 g/mol. The Morgan fingerprint density at radius 1 is 1.53 bits per heavy atom. The SMILES string of the molecule is COc1ccc(CC(NN)C2CCC2)cc1F. The summed E-state index contributed by atoms with van der Waals surface area (Å²) in [5.74, 6) is 6.16. The first-order valence-electron chi connectivity index (χ1n) is 6.03. The minimum atomic E-state index is -0.311. The van der Waals surface area contributed by atoms with Gasteiger partial charge in [0.05, 0.1) is 7.11 Å². The Balaban J connectivity index is 2.03. The van der Waals surface area contributed by atoms with Crippen LogP contribution in [0.5, 0.6) is 5.75 Å². The minimum Gasteiger partial charge on any atom is -0.494 e. The van der Waals surface area contributed by atoms with Gasteiger partial charge in [0.15, 0.2) is 11.6 Å². The number of rotatable bonds is 5. The molecule has 1 aliphatic carbocycles. The zero-order valence-electron chi connectivity index (χ0n) is 10.1. The van der Waals surface area contributed by atoms with Crippen LogP contribution in [0.25, 0.3) is 0 Å². The zero-order chi connectivity index (χ0) is 12.3. The van der Waals surface area contributed by atoms with Crippen molar-refractivity contribution in [1.29, 1.82) is 0 Å². The van der Waals surface area contributed by atoms with E-state index in [1.807, 2.05) is 6.07 Å². The number of ether oxygens (including phenoxy) is 1. The number of methoxy groups -OCH3 is 1. The first kappa shape index (κ1) is 12.3. The van der Waals surface area contributed by atoms with E-state index in [1.54, 1.807) is 6.07 Å². The third kappa shape index (κ3) is 2.76. The van der Waals surface area contributed by atoms with Crippen LogP contribution in [0.2, 0.25) is 0 Å². The molecular formula is C13H19FN2O. The molecule has 1 aliphatic rings. The Kier molecular flexibility index (Phi) is 3.97. The second-order valence-electron chi connectivity index (χ2n) is 4.64. The highest BCUT2D eigenvalue weighted by atomic mass is 19.1. The van der Waals surface area contributed by atoms with Crippen molar-refractivity contribution < 1.29 is 9.13 Å². The second-order valence-corrected chi connectivity index (χ2v) is 4.64. The van der Waals surface area contributed by atoms with Crippen LogP contribution < -0.4 is 16.0 Å². The fourth-order valence-corrected chi connectivity index (χ4v) is 2.29. The van der Waals surface area contributed by atoms with Crippen LogP contribution in [0.3, 0.4) is 0 Å². The van der Waals surface area contributed by atoms with E-state index < -0.39 is 0 Å². The molecule has 1 aromatic rings. The normalized spacial score (nSPS) is 17.6. The van der Waals surface area contributed by atoms with Crippen LogP contribution in [-0.4, -0.2) is 13.2 Å². The summed E-state index contributed by atoms with van der Waals surface area (Å²) < 4.78 is 18.4. The molecule has 0 amide bonds. The zero-order valence-corrected chi connectivity index (χ0v) is 10.1. The molecule has 0 heterocycles. The van der Waals surface area contributed by atoms with E-state index in [1.165, 1.54) is 32.4 Å². The van der Waals surface area contributed by atoms with Crippen molar-refractivity contribution in [3.05, 3.63) is 29.6 Å². The van der Waals surface area contributed by atoms with Gasteiger partial charge in [-0.1, -0.05) is 12.5 Å². The van der Waals surface area contributed by atoms with Crippen molar-refractivity contribution in [1.82, 2.24) is 5.43 Å². The lowest BCUT2D eigenvalue weighted by Crippen LogP contribution is -2.44. The Morgan fingerprint density at radius 3 is 2.76 bits per heavy atom. The maximum Gasteiger partial charge on any atom is 0.165 e. The highest BCUT2D eigenvalue weighted by Crippen LogP contribution is 2.31. The molecule has 0 bridgehead atoms. The van der Waals surface area contributed by atoms with E-state index >= 15 is 0 Å². The lowest BCUT2D eigenvalue weighted by molar-refractivity contribution is 0.228. The number of hydrogen-bond donors (Lipinski definition) is 2. The maximum absolute atomic E-state index is 13.5. The van der Waals surface area contributed by atoms with Crippen LogP contribution in [0, 0.1) is 11.7 Å². The van der Waals surface area contributed by atoms with Crippen molar-refractivity contribution in [3.63, 3.8) is 0 Å². The number of hydrogen-bond acceptors (Lipinski definition) is 3. The number of halogens is 1. The second kappa shape index (κ2) is 5.47. The van der Waals surface area contributed by atoms with Crippen molar-refractivity contribution in [2.45, 2.75) is 31.7 Å². The molecule has 0 aliphatic heterocycles. The van der Waals surface area contributed by atoms with Gasteiger partial charge in [-0.05, 0) is 42.9 Å². The molecule has 94 valence electrons. The molecule has 17 heavy (non-hydrogen) atoms. The number of hydrazine groups is 1. The summed E-state index contributed by atoms with van der Waals surface area (Å²) in [6.07, 6.45) is 4.48. The monoisotopic (exact) mass is 238 g/mol. The highest BCUT2D eigenvalue weighted by molar-refractivity contribution is 5.29. The Morgan fingerprint density at radius 2 is 2.29 bits per heavy atom. The van der Waals surface area contributed by atoms with Gasteiger partial charge in [-0.2, -0.15) is 0 Å². The van der Waals surface area contributed by atoms with Gasteiger partial charge in [0.2, 0.25) is 0 Å². The topological polar surface area (TPSA) is 47.3 Å². The van der Waals surface area contributed by atoms with Gasteiger partial charge in [-0.3, -0.25) is 11.3 Å². The number of nitrogens with one attached hydrogen (secondary N) is 1. The van der Waals surface area contributed by atoms with Crippen LogP contribution in [0.1, 0.15) is 24.8 Å². The fraction of sp³-hybridized carbons (Fsp3) is 0.538. The fourth-order valence-electron chi connectivity index (χ4n) is 2.29. The Hall–Kier alpha value is -1.13. The third-order valence-corrected chi connectivity index (χ3v) is 3.60. The standard InChI is InChI=1S/C13H19FN2O/c1-17-13-6-5-9(7-11(13)14)8-12(16-15)10-3-2-4-10/h5-7,10,12,16H,2-4,8,15H2,1H3. The molecule has 3 nitrogen and oxygen atoms in total. The lowest BCUT2D eigenvalue weighted by atomic mass is 9.78. The van der Waals surface area contributed by atoms with Crippen LogP contribution in [-0.2, 0) is 6.42 Å². The molecule has 0 radical (unpaired) electrons. The maximum atomic E-state index is 13.5. The predicted octanol–water partition coefficient (Wildman–Crippen LogP) is 2.01. The summed E-state index contributed by atoms with van der Waals surface area (Å²) in [7, 11) is 1.47. The van der Waals surface area contributed by atoms with Gasteiger partial charge in [0, 0.05) is 6.04 Å². The average molecular weight is 238 g/mol. The average Bonchev–Trinajstić information content (AvgIpc) is 2.26. The van der Waals surface area contributed by atoms with E-state index in [0.717, 1.165) is 12.0 Å². The molecule has 0 saturated heterocycles. The third-order valence-electron chi connectivity index (χ3n) is 3.60. The molecule has 3 N–H and O–H groups in total. The van der Waals surface area contributed by atoms with Crippen molar-refractivity contribution in [3.8, 4) is 5.75 Å². The van der Waals surface area contributed by atoms with Crippen LogP contribution in [0.15, 0.2) is 18.2 Å². The Bertz CT molecular complexity index is 380. The Labute approximate surface area is 101 Å². The van der Waals surface area contributed by atoms with Crippen molar-refractivity contribution >= 4 is 0 Å². The minimum absolute atomic E-state index is 0.247. The predicted molar refractivity (Wildman–Crippen MR) is 65.1 cm³/mol. The molecule has 1 atom stereocenters. The van der Waals surface area contributed by atoms with Gasteiger partial charge in [-0.15, -0.1) is 0 Å². The first-order chi connectivity index (χ1) is 8.24. The first-order valence-corrected chi connectivity index (χ1v) is 6.03. The summed E-state index contributed by atoms with van der Waals surface area (Å²) in [5, 5.41) is 0. The molecule has 1 aromatic carbocycles. The highest BCUT2D eigenvalue weighted by Gasteiger charge is 2.26. The molecule has 1 saturated carbocycles. The van der Waals surface area contributed by atoms with Gasteiger partial charge >= 0.3 is 0 Å². The molecule has 0 spiro atoms. The smallest absolute Gasteiger partial charge is 0.165 e. The molecule has 2 rings (SSSR count). The number of benzene rings is 1. The van der Waals surface area contributed by atoms with Crippen molar-refractivity contribution in [2.24, 2.45) is 11.8 Å². The van der Waals surface area contributed by atoms with Gasteiger partial charge in [-0.25, -0.2) is 4.39 Å². The summed E-state index contributed by atoms with van der Waals surface area (Å²) in [4.78, 5) is 0. The van der Waals surface area contributed by atoms with Gasteiger partial charge in [0.1, 0.15) is 0 Å². The largest absolute Gasteiger partial charge is 0.494 e. The molecule has 0 aromatic heterocycles. The summed E-state index contributed by atoms with van der Waals surface area (Å²) >= 11 is 0. The van der Waals surface area contributed by atoms with Crippen LogP contribution in [0.4, 0.5) is 4.39 Å². The summed E-state index contributed by atoms with van der Waals surface area (Å²) in [6.45, 7) is 0. The van der Waals surface area contributed by atoms with E-state index in [-0.39, 0.29) is 17.6 Å². The summed E-state index contributed by atoms with van der Waals surface area (Å²) in [5.41, 5.74) is 3.80. The quantitative estimate of drug-likeness (QED) is 0.609. The lowest BCUT2D eigenvalue weighted by Gasteiger charge is -2.33.